The molecule has 20 heavy (non-hydrogen) atoms. The first kappa shape index (κ1) is 15.3. The largest absolute Gasteiger partial charge is 0.373 e. The number of ether oxygens (including phenoxy) is 1. The molecule has 0 saturated heterocycles. The Labute approximate surface area is 124 Å². The van der Waals surface area contributed by atoms with Gasteiger partial charge in [-0.15, -0.1) is 0 Å². The van der Waals surface area contributed by atoms with Gasteiger partial charge < -0.3 is 16.2 Å². The second-order valence-corrected chi connectivity index (χ2v) is 5.71. The Morgan fingerprint density at radius 1 is 1.35 bits per heavy atom. The normalized spacial score (nSPS) is 22.7. The Bertz CT molecular complexity index is 479. The monoisotopic (exact) mass is 296 g/mol. The first-order chi connectivity index (χ1) is 9.61. The maximum Gasteiger partial charge on any atom is 0.248 e. The number of amides is 1. The van der Waals surface area contributed by atoms with Gasteiger partial charge in [0.1, 0.15) is 0 Å². The molecule has 0 bridgehead atoms. The fraction of sp³-hybridized carbons (Fsp3) is 0.533. The highest BCUT2D eigenvalue weighted by atomic mass is 35.5. The van der Waals surface area contributed by atoms with E-state index in [9.17, 15) is 4.79 Å². The van der Waals surface area contributed by atoms with E-state index in [4.69, 9.17) is 27.8 Å². The lowest BCUT2D eigenvalue weighted by molar-refractivity contribution is -0.0182. The number of carbonyl (C=O) groups excluding carboxylic acids is 1. The highest BCUT2D eigenvalue weighted by molar-refractivity contribution is 6.31. The smallest absolute Gasteiger partial charge is 0.248 e. The van der Waals surface area contributed by atoms with Crippen molar-refractivity contribution in [3.63, 3.8) is 0 Å². The summed E-state index contributed by atoms with van der Waals surface area (Å²) in [6.45, 7) is 1.11. The van der Waals surface area contributed by atoms with Gasteiger partial charge in [0.05, 0.1) is 12.7 Å². The van der Waals surface area contributed by atoms with Gasteiger partial charge in [0, 0.05) is 10.6 Å². The van der Waals surface area contributed by atoms with Crippen LogP contribution in [0.4, 0.5) is 0 Å². The Kier molecular flexibility index (Phi) is 5.40. The molecule has 0 aromatic heterocycles. The average Bonchev–Trinajstić information content (AvgIpc) is 2.46. The Hall–Kier alpha value is -1.10. The lowest BCUT2D eigenvalue weighted by atomic mass is 9.86. The molecule has 1 saturated carbocycles. The van der Waals surface area contributed by atoms with E-state index in [1.807, 2.05) is 0 Å². The van der Waals surface area contributed by atoms with Gasteiger partial charge in [0.2, 0.25) is 5.91 Å². The predicted molar refractivity (Wildman–Crippen MR) is 79.6 cm³/mol. The lowest BCUT2D eigenvalue weighted by Gasteiger charge is -2.30. The molecule has 1 aliphatic rings. The molecule has 1 aromatic carbocycles. The lowest BCUT2D eigenvalue weighted by Crippen LogP contribution is -2.33. The van der Waals surface area contributed by atoms with Gasteiger partial charge in [-0.25, -0.2) is 0 Å². The molecule has 2 unspecified atom stereocenters. The maximum absolute atomic E-state index is 11.1. The van der Waals surface area contributed by atoms with Crippen molar-refractivity contribution >= 4 is 17.5 Å². The zero-order valence-corrected chi connectivity index (χ0v) is 12.2. The van der Waals surface area contributed by atoms with Gasteiger partial charge in [-0.1, -0.05) is 30.5 Å². The van der Waals surface area contributed by atoms with Crippen molar-refractivity contribution in [2.45, 2.75) is 38.4 Å². The van der Waals surface area contributed by atoms with Gasteiger partial charge >= 0.3 is 0 Å². The number of primary amides is 1. The Morgan fingerprint density at radius 2 is 2.10 bits per heavy atom. The van der Waals surface area contributed by atoms with E-state index >= 15 is 0 Å². The maximum atomic E-state index is 11.1. The summed E-state index contributed by atoms with van der Waals surface area (Å²) >= 11 is 6.15. The van der Waals surface area contributed by atoms with Crippen LogP contribution < -0.4 is 11.5 Å². The number of benzene rings is 1. The van der Waals surface area contributed by atoms with E-state index in [0.717, 1.165) is 18.4 Å². The van der Waals surface area contributed by atoms with Gasteiger partial charge in [0.25, 0.3) is 0 Å². The number of hydrogen-bond donors (Lipinski definition) is 2. The molecule has 5 heteroatoms. The van der Waals surface area contributed by atoms with Gasteiger partial charge in [-0.2, -0.15) is 0 Å². The first-order valence-electron chi connectivity index (χ1n) is 7.01. The van der Waals surface area contributed by atoms with Crippen molar-refractivity contribution < 1.29 is 9.53 Å². The number of rotatable bonds is 5. The number of hydrogen-bond acceptors (Lipinski definition) is 3. The van der Waals surface area contributed by atoms with Crippen LogP contribution in [0.1, 0.15) is 41.6 Å². The van der Waals surface area contributed by atoms with Crippen LogP contribution in [0.2, 0.25) is 5.02 Å². The van der Waals surface area contributed by atoms with Crippen LogP contribution in [0, 0.1) is 5.92 Å². The van der Waals surface area contributed by atoms with Crippen LogP contribution in [0.3, 0.4) is 0 Å². The minimum Gasteiger partial charge on any atom is -0.373 e. The third-order valence-electron chi connectivity index (χ3n) is 3.93. The molecule has 1 fully saturated rings. The molecular formula is C15H21ClN2O2. The van der Waals surface area contributed by atoms with E-state index < -0.39 is 5.91 Å². The van der Waals surface area contributed by atoms with Crippen LogP contribution in [-0.2, 0) is 11.3 Å². The topological polar surface area (TPSA) is 78.3 Å². The second kappa shape index (κ2) is 7.07. The van der Waals surface area contributed by atoms with Crippen LogP contribution >= 0.6 is 11.6 Å². The standard InChI is InChI=1S/C15H21ClN2O2/c16-13-7-10(15(18)19)5-6-12(13)9-20-14-4-2-1-3-11(14)8-17/h5-7,11,14H,1-4,8-9,17H2,(H2,18,19). The molecule has 1 aliphatic carbocycles. The molecule has 4 N–H and O–H groups in total. The van der Waals surface area contributed by atoms with E-state index in [0.29, 0.717) is 29.7 Å². The molecular weight excluding hydrogens is 276 g/mol. The van der Waals surface area contributed by atoms with Crippen LogP contribution in [0.5, 0.6) is 0 Å². The van der Waals surface area contributed by atoms with Crippen LogP contribution in [-0.4, -0.2) is 18.6 Å². The Balaban J connectivity index is 1.98. The van der Waals surface area contributed by atoms with Gasteiger partial charge in [0.15, 0.2) is 0 Å². The number of halogens is 1. The third-order valence-corrected chi connectivity index (χ3v) is 4.28. The molecule has 0 spiro atoms. The quantitative estimate of drug-likeness (QED) is 0.876. The second-order valence-electron chi connectivity index (χ2n) is 5.30. The van der Waals surface area contributed by atoms with E-state index in [1.165, 1.54) is 12.8 Å². The van der Waals surface area contributed by atoms with Gasteiger partial charge in [-0.05, 0) is 43.0 Å². The highest BCUT2D eigenvalue weighted by Crippen LogP contribution is 2.28. The van der Waals surface area contributed by atoms with Crippen molar-refractivity contribution in [3.8, 4) is 0 Å². The molecule has 0 heterocycles. The number of nitrogens with two attached hydrogens (primary N) is 2. The van der Waals surface area contributed by atoms with Crippen molar-refractivity contribution in [2.24, 2.45) is 17.4 Å². The van der Waals surface area contributed by atoms with Crippen molar-refractivity contribution in [1.82, 2.24) is 0 Å². The van der Waals surface area contributed by atoms with E-state index in [2.05, 4.69) is 0 Å². The van der Waals surface area contributed by atoms with Crippen LogP contribution in [0.25, 0.3) is 0 Å². The summed E-state index contributed by atoms with van der Waals surface area (Å²) in [5.74, 6) is -0.0396. The molecule has 0 radical (unpaired) electrons. The molecule has 2 atom stereocenters. The summed E-state index contributed by atoms with van der Waals surface area (Å²) in [5.41, 5.74) is 12.3. The molecule has 1 amide bonds. The van der Waals surface area contributed by atoms with Crippen molar-refractivity contribution in [2.75, 3.05) is 6.54 Å². The molecule has 110 valence electrons. The fourth-order valence-electron chi connectivity index (χ4n) is 2.68. The first-order valence-corrected chi connectivity index (χ1v) is 7.39. The Morgan fingerprint density at radius 3 is 2.75 bits per heavy atom. The fourth-order valence-corrected chi connectivity index (χ4v) is 2.91. The summed E-state index contributed by atoms with van der Waals surface area (Å²) in [7, 11) is 0. The van der Waals surface area contributed by atoms with Crippen molar-refractivity contribution in [1.29, 1.82) is 0 Å². The zero-order valence-electron chi connectivity index (χ0n) is 11.5. The molecule has 1 aromatic rings. The summed E-state index contributed by atoms with van der Waals surface area (Å²) in [5, 5.41) is 0.515. The van der Waals surface area contributed by atoms with E-state index in [-0.39, 0.29) is 6.10 Å². The summed E-state index contributed by atoms with van der Waals surface area (Å²) in [6.07, 6.45) is 4.82. The third kappa shape index (κ3) is 3.72. The van der Waals surface area contributed by atoms with Crippen molar-refractivity contribution in [3.05, 3.63) is 34.3 Å². The van der Waals surface area contributed by atoms with Crippen LogP contribution in [0.15, 0.2) is 18.2 Å². The summed E-state index contributed by atoms with van der Waals surface area (Å²) < 4.78 is 5.97. The molecule has 2 rings (SSSR count). The zero-order chi connectivity index (χ0) is 14.5. The highest BCUT2D eigenvalue weighted by Gasteiger charge is 2.24. The minimum absolute atomic E-state index is 0.209. The summed E-state index contributed by atoms with van der Waals surface area (Å²) in [4.78, 5) is 11.1. The predicted octanol–water partition coefficient (Wildman–Crippen LogP) is 2.47. The summed E-state index contributed by atoms with van der Waals surface area (Å²) in [6, 6.07) is 5.06. The molecule has 4 nitrogen and oxygen atoms in total. The SMILES string of the molecule is NCC1CCCCC1OCc1ccc(C(N)=O)cc1Cl. The minimum atomic E-state index is -0.477. The van der Waals surface area contributed by atoms with E-state index in [1.54, 1.807) is 18.2 Å². The number of carbonyl (C=O) groups is 1. The van der Waals surface area contributed by atoms with Gasteiger partial charge in [-0.3, -0.25) is 4.79 Å². The molecule has 0 aliphatic heterocycles. The average molecular weight is 297 g/mol.